The van der Waals surface area contributed by atoms with Crippen LogP contribution < -0.4 is 29.6 Å². The molecule has 0 atom stereocenters. The molecule has 2 aromatic rings. The summed E-state index contributed by atoms with van der Waals surface area (Å²) in [5.41, 5.74) is 0.0826. The second-order valence-electron chi connectivity index (χ2n) is 4.37. The number of hydrogen-bond donors (Lipinski definition) is 1. The number of esters is 2. The number of carbonyl (C=O) groups is 2. The van der Waals surface area contributed by atoms with Gasteiger partial charge in [-0.1, -0.05) is 6.07 Å². The second kappa shape index (κ2) is 7.41. The third-order valence-corrected chi connectivity index (χ3v) is 3.93. The van der Waals surface area contributed by atoms with Crippen LogP contribution in [0.5, 0.6) is 0 Å². The fraction of sp³-hybridized carbons (Fsp3) is 0.143. The summed E-state index contributed by atoms with van der Waals surface area (Å²) in [6.07, 6.45) is 0. The molecule has 0 amide bonds. The van der Waals surface area contributed by atoms with E-state index in [4.69, 9.17) is 0 Å². The van der Waals surface area contributed by atoms with Crippen molar-refractivity contribution in [2.24, 2.45) is 0 Å². The zero-order chi connectivity index (χ0) is 16.5. The molecule has 116 valence electrons. The largest absolute Gasteiger partial charge is 1.00 e. The van der Waals surface area contributed by atoms with Crippen molar-refractivity contribution in [1.82, 2.24) is 0 Å². The van der Waals surface area contributed by atoms with Crippen molar-refractivity contribution in [3.63, 3.8) is 0 Å². The maximum Gasteiger partial charge on any atom is 1.00 e. The molecule has 1 N–H and O–H groups in total. The second-order valence-corrected chi connectivity index (χ2v) is 5.76. The zero-order valence-electron chi connectivity index (χ0n) is 12.7. The van der Waals surface area contributed by atoms with Gasteiger partial charge in [0.25, 0.3) is 10.1 Å². The van der Waals surface area contributed by atoms with E-state index in [9.17, 15) is 22.6 Å². The van der Waals surface area contributed by atoms with Crippen LogP contribution in [0.3, 0.4) is 0 Å². The molecule has 23 heavy (non-hydrogen) atoms. The summed E-state index contributed by atoms with van der Waals surface area (Å²) in [5.74, 6) is -1.40. The average molecular weight is 347 g/mol. The predicted molar refractivity (Wildman–Crippen MR) is 76.4 cm³/mol. The van der Waals surface area contributed by atoms with Crippen LogP contribution in [0.25, 0.3) is 10.8 Å². The van der Waals surface area contributed by atoms with Crippen LogP contribution in [0.1, 0.15) is 20.7 Å². The number of benzene rings is 2. The Kier molecular flexibility index (Phi) is 6.32. The number of carbonyl (C=O) groups excluding carboxylic acids is 2. The van der Waals surface area contributed by atoms with Gasteiger partial charge in [0, 0.05) is 5.39 Å². The Morgan fingerprint density at radius 1 is 0.957 bits per heavy atom. The summed E-state index contributed by atoms with van der Waals surface area (Å²) >= 11 is 0. The van der Waals surface area contributed by atoms with Gasteiger partial charge >= 0.3 is 41.5 Å². The SMILES string of the molecule is COC(=O)c1cc(S(=O)(=O)O)c2cc(C(=O)OC)ccc2c1.[Na+]. The number of hydrogen-bond acceptors (Lipinski definition) is 6. The van der Waals surface area contributed by atoms with E-state index in [1.165, 1.54) is 31.4 Å². The quantitative estimate of drug-likeness (QED) is 0.416. The Balaban J connectivity index is 0.00000264. The van der Waals surface area contributed by atoms with Gasteiger partial charge in [-0.2, -0.15) is 8.42 Å². The molecule has 0 aliphatic heterocycles. The first kappa shape index (κ1) is 19.6. The van der Waals surface area contributed by atoms with E-state index in [0.717, 1.165) is 13.2 Å². The van der Waals surface area contributed by atoms with Crippen molar-refractivity contribution in [3.05, 3.63) is 41.5 Å². The smallest absolute Gasteiger partial charge is 0.465 e. The fourth-order valence-electron chi connectivity index (χ4n) is 2.02. The summed E-state index contributed by atoms with van der Waals surface area (Å²) < 4.78 is 41.6. The molecule has 0 aliphatic rings. The van der Waals surface area contributed by atoms with E-state index in [1.807, 2.05) is 0 Å². The molecule has 0 spiro atoms. The summed E-state index contributed by atoms with van der Waals surface area (Å²) in [6.45, 7) is 0. The van der Waals surface area contributed by atoms with Crippen LogP contribution in [0.2, 0.25) is 0 Å². The first-order chi connectivity index (χ1) is 10.3. The van der Waals surface area contributed by atoms with Gasteiger partial charge in [-0.15, -0.1) is 0 Å². The van der Waals surface area contributed by atoms with Gasteiger partial charge < -0.3 is 9.47 Å². The molecule has 0 radical (unpaired) electrons. The Bertz CT molecular complexity index is 874. The Labute approximate surface area is 154 Å². The van der Waals surface area contributed by atoms with Crippen molar-refractivity contribution >= 4 is 32.8 Å². The van der Waals surface area contributed by atoms with Crippen LogP contribution in [0.4, 0.5) is 0 Å². The van der Waals surface area contributed by atoms with Gasteiger partial charge in [0.15, 0.2) is 0 Å². The molecular formula is C14H12NaO7S+. The fourth-order valence-corrected chi connectivity index (χ4v) is 2.75. The van der Waals surface area contributed by atoms with Gasteiger partial charge in [0.2, 0.25) is 0 Å². The first-order valence-electron chi connectivity index (χ1n) is 6.00. The molecule has 0 fully saturated rings. The van der Waals surface area contributed by atoms with Gasteiger partial charge in [-0.3, -0.25) is 4.55 Å². The topological polar surface area (TPSA) is 107 Å². The van der Waals surface area contributed by atoms with E-state index in [0.29, 0.717) is 5.39 Å². The molecule has 0 bridgehead atoms. The van der Waals surface area contributed by atoms with E-state index >= 15 is 0 Å². The molecule has 0 saturated heterocycles. The minimum Gasteiger partial charge on any atom is -0.465 e. The molecule has 2 aromatic carbocycles. The standard InChI is InChI=1S/C14H12O7S.Na/c1-20-13(15)9-4-3-8-5-10(14(16)21-2)7-12(11(8)6-9)22(17,18)19;/h3-7H,1-2H3,(H,17,18,19);/q;+1. The molecule has 0 aliphatic carbocycles. The maximum absolute atomic E-state index is 11.6. The summed E-state index contributed by atoms with van der Waals surface area (Å²) in [4.78, 5) is 22.6. The molecule has 0 saturated carbocycles. The summed E-state index contributed by atoms with van der Waals surface area (Å²) in [5, 5.41) is 0.446. The number of methoxy groups -OCH3 is 2. The van der Waals surface area contributed by atoms with Crippen molar-refractivity contribution in [3.8, 4) is 0 Å². The van der Waals surface area contributed by atoms with Crippen LogP contribution >= 0.6 is 0 Å². The zero-order valence-corrected chi connectivity index (χ0v) is 15.5. The van der Waals surface area contributed by atoms with E-state index in [1.54, 1.807) is 0 Å². The van der Waals surface area contributed by atoms with Crippen LogP contribution in [-0.4, -0.2) is 39.1 Å². The number of ether oxygens (including phenoxy) is 2. The molecule has 9 heteroatoms. The van der Waals surface area contributed by atoms with Crippen LogP contribution in [0, 0.1) is 0 Å². The number of rotatable bonds is 3. The Hall–Kier alpha value is -1.45. The van der Waals surface area contributed by atoms with E-state index < -0.39 is 27.0 Å². The molecule has 0 aromatic heterocycles. The predicted octanol–water partition coefficient (Wildman–Crippen LogP) is -1.34. The Morgan fingerprint density at radius 2 is 1.52 bits per heavy atom. The van der Waals surface area contributed by atoms with Crippen LogP contribution in [-0.2, 0) is 19.6 Å². The van der Waals surface area contributed by atoms with Crippen molar-refractivity contribution in [2.45, 2.75) is 4.90 Å². The monoisotopic (exact) mass is 347 g/mol. The first-order valence-corrected chi connectivity index (χ1v) is 7.44. The maximum atomic E-state index is 11.6. The minimum atomic E-state index is -4.60. The molecule has 2 rings (SSSR count). The van der Waals surface area contributed by atoms with Crippen molar-refractivity contribution in [2.75, 3.05) is 14.2 Å². The normalized spacial score (nSPS) is 10.7. The molecule has 0 heterocycles. The third-order valence-electron chi connectivity index (χ3n) is 3.04. The van der Waals surface area contributed by atoms with Crippen LogP contribution in [0.15, 0.2) is 35.2 Å². The van der Waals surface area contributed by atoms with Gasteiger partial charge in [-0.25, -0.2) is 9.59 Å². The van der Waals surface area contributed by atoms with Gasteiger partial charge in [0.05, 0.1) is 25.3 Å². The number of fused-ring (bicyclic) bond motifs is 1. The third kappa shape index (κ3) is 4.10. The minimum absolute atomic E-state index is 0. The molecule has 0 unspecified atom stereocenters. The van der Waals surface area contributed by atoms with Gasteiger partial charge in [0.1, 0.15) is 4.90 Å². The van der Waals surface area contributed by atoms with Gasteiger partial charge in [-0.05, 0) is 29.7 Å². The average Bonchev–Trinajstić information content (AvgIpc) is 2.50. The van der Waals surface area contributed by atoms with Crippen molar-refractivity contribution < 1.29 is 61.6 Å². The summed E-state index contributed by atoms with van der Waals surface area (Å²) in [7, 11) is -2.26. The molecular weight excluding hydrogens is 335 g/mol. The van der Waals surface area contributed by atoms with E-state index in [2.05, 4.69) is 9.47 Å². The van der Waals surface area contributed by atoms with Crippen molar-refractivity contribution in [1.29, 1.82) is 0 Å². The molecule has 7 nitrogen and oxygen atoms in total. The Morgan fingerprint density at radius 3 is 2.04 bits per heavy atom. The summed E-state index contributed by atoms with van der Waals surface area (Å²) in [6, 6.07) is 6.53. The van der Waals surface area contributed by atoms with E-state index in [-0.39, 0.29) is 46.1 Å².